The quantitative estimate of drug-likeness (QED) is 0.705. The molecule has 1 aromatic carbocycles. The van der Waals surface area contributed by atoms with Gasteiger partial charge in [-0.25, -0.2) is 0 Å². The summed E-state index contributed by atoms with van der Waals surface area (Å²) in [7, 11) is 0. The van der Waals surface area contributed by atoms with Gasteiger partial charge in [-0.3, -0.25) is 0 Å². The van der Waals surface area contributed by atoms with Crippen molar-refractivity contribution < 1.29 is 5.11 Å². The third-order valence-electron chi connectivity index (χ3n) is 3.17. The average Bonchev–Trinajstić information content (AvgIpc) is 2.22. The van der Waals surface area contributed by atoms with Crippen LogP contribution in [0.5, 0.6) is 0 Å². The molecule has 1 atom stereocenters. The normalized spacial score (nSPS) is 13.5. The Bertz CT molecular complexity index is 369. The number of anilines is 2. The molecule has 3 heteroatoms. The van der Waals surface area contributed by atoms with E-state index in [1.165, 1.54) is 0 Å². The highest BCUT2D eigenvalue weighted by Crippen LogP contribution is 2.28. The summed E-state index contributed by atoms with van der Waals surface area (Å²) in [6.07, 6.45) is 0.734. The fourth-order valence-electron chi connectivity index (χ4n) is 1.85. The van der Waals surface area contributed by atoms with Crippen LogP contribution < -0.4 is 11.1 Å². The lowest BCUT2D eigenvalue weighted by Gasteiger charge is -2.32. The average molecular weight is 236 g/mol. The van der Waals surface area contributed by atoms with Crippen molar-refractivity contribution in [3.8, 4) is 0 Å². The smallest absolute Gasteiger partial charge is 0.0450 e. The Labute approximate surface area is 104 Å². The molecule has 0 heterocycles. The zero-order chi connectivity index (χ0) is 13.1. The first-order chi connectivity index (χ1) is 7.86. The van der Waals surface area contributed by atoms with Gasteiger partial charge in [-0.05, 0) is 36.5 Å². The fraction of sp³-hybridized carbons (Fsp3) is 0.571. The standard InChI is InChI=1S/C14H24N2O/c1-10-11(15)6-5-7-12(10)16-13(8-9-17)14(2,3)4/h5-7,13,16-17H,8-9,15H2,1-4H3. The molecule has 0 aromatic heterocycles. The van der Waals surface area contributed by atoms with Crippen LogP contribution in [0.1, 0.15) is 32.8 Å². The number of nitrogens with one attached hydrogen (secondary N) is 1. The third kappa shape index (κ3) is 3.63. The van der Waals surface area contributed by atoms with Gasteiger partial charge < -0.3 is 16.2 Å². The Morgan fingerprint density at radius 2 is 2.00 bits per heavy atom. The van der Waals surface area contributed by atoms with Gasteiger partial charge in [0.15, 0.2) is 0 Å². The van der Waals surface area contributed by atoms with E-state index in [1.807, 2.05) is 25.1 Å². The van der Waals surface area contributed by atoms with E-state index in [0.717, 1.165) is 23.4 Å². The van der Waals surface area contributed by atoms with Gasteiger partial charge in [0.05, 0.1) is 0 Å². The van der Waals surface area contributed by atoms with Gasteiger partial charge >= 0.3 is 0 Å². The number of nitrogen functional groups attached to an aromatic ring is 1. The van der Waals surface area contributed by atoms with Crippen LogP contribution in [0.15, 0.2) is 18.2 Å². The molecule has 3 nitrogen and oxygen atoms in total. The molecule has 0 saturated heterocycles. The van der Waals surface area contributed by atoms with Crippen molar-refractivity contribution in [1.29, 1.82) is 0 Å². The van der Waals surface area contributed by atoms with Crippen molar-refractivity contribution in [2.45, 2.75) is 40.2 Å². The summed E-state index contributed by atoms with van der Waals surface area (Å²) in [5.41, 5.74) is 8.91. The molecular weight excluding hydrogens is 212 g/mol. The van der Waals surface area contributed by atoms with E-state index >= 15 is 0 Å². The van der Waals surface area contributed by atoms with Gasteiger partial charge in [-0.15, -0.1) is 0 Å². The summed E-state index contributed by atoms with van der Waals surface area (Å²) < 4.78 is 0. The van der Waals surface area contributed by atoms with Crippen molar-refractivity contribution in [1.82, 2.24) is 0 Å². The summed E-state index contributed by atoms with van der Waals surface area (Å²) >= 11 is 0. The monoisotopic (exact) mass is 236 g/mol. The first-order valence-corrected chi connectivity index (χ1v) is 6.08. The summed E-state index contributed by atoms with van der Waals surface area (Å²) in [6, 6.07) is 6.11. The van der Waals surface area contributed by atoms with E-state index in [0.29, 0.717) is 0 Å². The van der Waals surface area contributed by atoms with Crippen LogP contribution in [0.3, 0.4) is 0 Å². The number of nitrogens with two attached hydrogens (primary N) is 1. The van der Waals surface area contributed by atoms with Gasteiger partial charge in [-0.1, -0.05) is 26.8 Å². The van der Waals surface area contributed by atoms with Crippen LogP contribution >= 0.6 is 0 Å². The van der Waals surface area contributed by atoms with E-state index in [-0.39, 0.29) is 18.1 Å². The fourth-order valence-corrected chi connectivity index (χ4v) is 1.85. The minimum atomic E-state index is 0.0970. The zero-order valence-corrected chi connectivity index (χ0v) is 11.2. The number of hydrogen-bond acceptors (Lipinski definition) is 3. The Balaban J connectivity index is 2.90. The van der Waals surface area contributed by atoms with Crippen molar-refractivity contribution in [2.75, 3.05) is 17.7 Å². The topological polar surface area (TPSA) is 58.3 Å². The molecule has 0 saturated carbocycles. The van der Waals surface area contributed by atoms with Crippen LogP contribution in [-0.4, -0.2) is 17.8 Å². The number of hydrogen-bond donors (Lipinski definition) is 3. The second kappa shape index (κ2) is 5.41. The molecule has 1 aromatic rings. The second-order valence-corrected chi connectivity index (χ2v) is 5.60. The summed E-state index contributed by atoms with van der Waals surface area (Å²) in [5, 5.41) is 12.6. The van der Waals surface area contributed by atoms with Gasteiger partial charge in [0.1, 0.15) is 0 Å². The number of aliphatic hydroxyl groups excluding tert-OH is 1. The molecule has 0 amide bonds. The maximum Gasteiger partial charge on any atom is 0.0450 e. The summed E-state index contributed by atoms with van der Waals surface area (Å²) in [5.74, 6) is 0. The summed E-state index contributed by atoms with van der Waals surface area (Å²) in [4.78, 5) is 0. The molecule has 0 radical (unpaired) electrons. The van der Waals surface area contributed by atoms with Crippen molar-refractivity contribution >= 4 is 11.4 Å². The summed E-state index contributed by atoms with van der Waals surface area (Å²) in [6.45, 7) is 8.71. The van der Waals surface area contributed by atoms with Crippen LogP contribution in [0.4, 0.5) is 11.4 Å². The van der Waals surface area contributed by atoms with Crippen molar-refractivity contribution in [3.63, 3.8) is 0 Å². The molecule has 0 aliphatic heterocycles. The molecule has 1 rings (SSSR count). The molecule has 0 bridgehead atoms. The SMILES string of the molecule is Cc1c(N)cccc1NC(CCO)C(C)(C)C. The van der Waals surface area contributed by atoms with E-state index in [1.54, 1.807) is 0 Å². The molecule has 0 fully saturated rings. The molecule has 96 valence electrons. The highest BCUT2D eigenvalue weighted by Gasteiger charge is 2.24. The first kappa shape index (κ1) is 13.8. The molecule has 0 aliphatic carbocycles. The lowest BCUT2D eigenvalue weighted by Crippen LogP contribution is -2.35. The first-order valence-electron chi connectivity index (χ1n) is 6.08. The number of aliphatic hydroxyl groups is 1. The lowest BCUT2D eigenvalue weighted by atomic mass is 9.84. The highest BCUT2D eigenvalue weighted by atomic mass is 16.3. The third-order valence-corrected chi connectivity index (χ3v) is 3.17. The van der Waals surface area contributed by atoms with Crippen LogP contribution in [0.25, 0.3) is 0 Å². The molecule has 0 spiro atoms. The predicted molar refractivity (Wildman–Crippen MR) is 74.2 cm³/mol. The molecule has 4 N–H and O–H groups in total. The van der Waals surface area contributed by atoms with E-state index in [2.05, 4.69) is 26.1 Å². The van der Waals surface area contributed by atoms with Crippen molar-refractivity contribution in [3.05, 3.63) is 23.8 Å². The lowest BCUT2D eigenvalue weighted by molar-refractivity contribution is 0.235. The van der Waals surface area contributed by atoms with E-state index < -0.39 is 0 Å². The molecule has 0 aliphatic rings. The van der Waals surface area contributed by atoms with E-state index in [9.17, 15) is 0 Å². The van der Waals surface area contributed by atoms with E-state index in [4.69, 9.17) is 10.8 Å². The molecular formula is C14H24N2O. The Morgan fingerprint density at radius 3 is 2.53 bits per heavy atom. The maximum atomic E-state index is 9.14. The predicted octanol–water partition coefficient (Wildman–Crippen LogP) is 2.79. The maximum absolute atomic E-state index is 9.14. The largest absolute Gasteiger partial charge is 0.398 e. The van der Waals surface area contributed by atoms with Crippen molar-refractivity contribution in [2.24, 2.45) is 5.41 Å². The van der Waals surface area contributed by atoms with Gasteiger partial charge in [0.2, 0.25) is 0 Å². The molecule has 1 unspecified atom stereocenters. The van der Waals surface area contributed by atoms with Crippen LogP contribution in [0.2, 0.25) is 0 Å². The second-order valence-electron chi connectivity index (χ2n) is 5.60. The van der Waals surface area contributed by atoms with Crippen LogP contribution in [0, 0.1) is 12.3 Å². The highest BCUT2D eigenvalue weighted by molar-refractivity contribution is 5.63. The van der Waals surface area contributed by atoms with Crippen LogP contribution in [-0.2, 0) is 0 Å². The molecule has 17 heavy (non-hydrogen) atoms. The van der Waals surface area contributed by atoms with Gasteiger partial charge in [0, 0.05) is 24.0 Å². The number of benzene rings is 1. The van der Waals surface area contributed by atoms with Gasteiger partial charge in [0.25, 0.3) is 0 Å². The number of rotatable bonds is 4. The Morgan fingerprint density at radius 1 is 1.35 bits per heavy atom. The minimum Gasteiger partial charge on any atom is -0.398 e. The Kier molecular flexibility index (Phi) is 4.40. The Hall–Kier alpha value is -1.22. The zero-order valence-electron chi connectivity index (χ0n) is 11.2. The van der Waals surface area contributed by atoms with Gasteiger partial charge in [-0.2, -0.15) is 0 Å². The minimum absolute atomic E-state index is 0.0970.